The summed E-state index contributed by atoms with van der Waals surface area (Å²) >= 11 is 0. The number of piperidine rings is 1. The number of amides is 1. The van der Waals surface area contributed by atoms with E-state index in [1.165, 1.54) is 12.8 Å². The molecule has 0 bridgehead atoms. The fraction of sp³-hybridized carbons (Fsp3) is 0.923. The van der Waals surface area contributed by atoms with Crippen LogP contribution in [0.3, 0.4) is 0 Å². The van der Waals surface area contributed by atoms with E-state index in [9.17, 15) is 4.79 Å². The summed E-state index contributed by atoms with van der Waals surface area (Å²) in [6.45, 7) is 10.2. The number of hydrogen-bond donors (Lipinski definition) is 2. The van der Waals surface area contributed by atoms with E-state index in [1.807, 2.05) is 13.8 Å². The first-order valence-corrected chi connectivity index (χ1v) is 6.76. The molecule has 0 aromatic carbocycles. The normalized spacial score (nSPS) is 20.5. The minimum Gasteiger partial charge on any atom is -0.353 e. The zero-order valence-electron chi connectivity index (χ0n) is 11.4. The van der Waals surface area contributed by atoms with Crippen LogP contribution in [-0.2, 0) is 4.79 Å². The molecule has 1 aliphatic heterocycles. The SMILES string of the molecule is CC1CCN(CCNC(=O)[C@@H](N)C(C)C)CC1. The summed E-state index contributed by atoms with van der Waals surface area (Å²) in [5.74, 6) is 1.03. The molecule has 1 fully saturated rings. The molecule has 100 valence electrons. The third-order valence-electron chi connectivity index (χ3n) is 3.62. The highest BCUT2D eigenvalue weighted by Crippen LogP contribution is 2.15. The number of carbonyl (C=O) groups is 1. The molecule has 0 aromatic rings. The van der Waals surface area contributed by atoms with Gasteiger partial charge in [0.05, 0.1) is 6.04 Å². The van der Waals surface area contributed by atoms with Crippen molar-refractivity contribution < 1.29 is 4.79 Å². The average Bonchev–Trinajstić information content (AvgIpc) is 2.30. The lowest BCUT2D eigenvalue weighted by Gasteiger charge is -2.30. The van der Waals surface area contributed by atoms with Crippen LogP contribution in [-0.4, -0.2) is 43.0 Å². The van der Waals surface area contributed by atoms with Gasteiger partial charge in [0, 0.05) is 13.1 Å². The first-order chi connectivity index (χ1) is 8.00. The maximum absolute atomic E-state index is 11.6. The third-order valence-corrected chi connectivity index (χ3v) is 3.62. The van der Waals surface area contributed by atoms with Gasteiger partial charge >= 0.3 is 0 Å². The van der Waals surface area contributed by atoms with E-state index in [2.05, 4.69) is 17.1 Å². The third kappa shape index (κ3) is 5.04. The number of nitrogens with one attached hydrogen (secondary N) is 1. The van der Waals surface area contributed by atoms with E-state index in [0.29, 0.717) is 6.54 Å². The van der Waals surface area contributed by atoms with Gasteiger partial charge in [0.2, 0.25) is 5.91 Å². The lowest BCUT2D eigenvalue weighted by Crippen LogP contribution is -2.46. The summed E-state index contributed by atoms with van der Waals surface area (Å²) in [4.78, 5) is 14.0. The fourth-order valence-electron chi connectivity index (χ4n) is 2.04. The second kappa shape index (κ2) is 6.97. The van der Waals surface area contributed by atoms with Gasteiger partial charge in [0.15, 0.2) is 0 Å². The van der Waals surface area contributed by atoms with E-state index < -0.39 is 0 Å². The summed E-state index contributed by atoms with van der Waals surface area (Å²) in [6, 6.07) is -0.378. The number of hydrogen-bond acceptors (Lipinski definition) is 3. The Balaban J connectivity index is 2.13. The van der Waals surface area contributed by atoms with Gasteiger partial charge < -0.3 is 16.0 Å². The van der Waals surface area contributed by atoms with Crippen molar-refractivity contribution in [1.29, 1.82) is 0 Å². The Bertz CT molecular complexity index is 235. The van der Waals surface area contributed by atoms with Crippen LogP contribution in [0.2, 0.25) is 0 Å². The summed E-state index contributed by atoms with van der Waals surface area (Å²) in [7, 11) is 0. The highest BCUT2D eigenvalue weighted by Gasteiger charge is 2.18. The standard InChI is InChI=1S/C13H27N3O/c1-10(2)12(14)13(17)15-6-9-16-7-4-11(3)5-8-16/h10-12H,4-9,14H2,1-3H3,(H,15,17)/t12-/m0/s1. The molecule has 3 N–H and O–H groups in total. The Kier molecular flexibility index (Phi) is 5.92. The van der Waals surface area contributed by atoms with E-state index in [4.69, 9.17) is 5.73 Å². The number of nitrogens with zero attached hydrogens (tertiary/aromatic N) is 1. The number of rotatable bonds is 5. The molecule has 1 saturated heterocycles. The first-order valence-electron chi connectivity index (χ1n) is 6.76. The predicted molar refractivity (Wildman–Crippen MR) is 70.7 cm³/mol. The topological polar surface area (TPSA) is 58.4 Å². The van der Waals surface area contributed by atoms with Crippen LogP contribution in [0.4, 0.5) is 0 Å². The van der Waals surface area contributed by atoms with Crippen LogP contribution in [0.1, 0.15) is 33.6 Å². The van der Waals surface area contributed by atoms with Crippen molar-refractivity contribution in [3.05, 3.63) is 0 Å². The van der Waals surface area contributed by atoms with E-state index in [0.717, 1.165) is 25.6 Å². The Morgan fingerprint density at radius 1 is 1.41 bits per heavy atom. The molecule has 0 aliphatic carbocycles. The monoisotopic (exact) mass is 241 g/mol. The van der Waals surface area contributed by atoms with Gasteiger partial charge in [-0.15, -0.1) is 0 Å². The van der Waals surface area contributed by atoms with Gasteiger partial charge in [-0.2, -0.15) is 0 Å². The minimum atomic E-state index is -0.378. The molecule has 4 nitrogen and oxygen atoms in total. The highest BCUT2D eigenvalue weighted by atomic mass is 16.2. The molecule has 0 spiro atoms. The van der Waals surface area contributed by atoms with Crippen molar-refractivity contribution in [2.75, 3.05) is 26.2 Å². The van der Waals surface area contributed by atoms with Gasteiger partial charge in [0.1, 0.15) is 0 Å². The van der Waals surface area contributed by atoms with Gasteiger partial charge in [-0.1, -0.05) is 20.8 Å². The maximum atomic E-state index is 11.6. The van der Waals surface area contributed by atoms with Crippen LogP contribution in [0.5, 0.6) is 0 Å². The Hall–Kier alpha value is -0.610. The molecule has 1 rings (SSSR count). The molecule has 0 radical (unpaired) electrons. The zero-order valence-corrected chi connectivity index (χ0v) is 11.4. The molecule has 1 heterocycles. The van der Waals surface area contributed by atoms with E-state index >= 15 is 0 Å². The van der Waals surface area contributed by atoms with Crippen molar-refractivity contribution in [2.45, 2.75) is 39.7 Å². The van der Waals surface area contributed by atoms with Crippen molar-refractivity contribution in [3.8, 4) is 0 Å². The largest absolute Gasteiger partial charge is 0.353 e. The summed E-state index contributed by atoms with van der Waals surface area (Å²) in [5.41, 5.74) is 5.77. The number of nitrogens with two attached hydrogens (primary N) is 1. The number of likely N-dealkylation sites (tertiary alicyclic amines) is 1. The highest BCUT2D eigenvalue weighted by molar-refractivity contribution is 5.81. The van der Waals surface area contributed by atoms with Gasteiger partial charge in [0.25, 0.3) is 0 Å². The average molecular weight is 241 g/mol. The zero-order chi connectivity index (χ0) is 12.8. The van der Waals surface area contributed by atoms with Crippen LogP contribution in [0.25, 0.3) is 0 Å². The minimum absolute atomic E-state index is 0.0228. The van der Waals surface area contributed by atoms with E-state index in [-0.39, 0.29) is 17.9 Å². The second-order valence-electron chi connectivity index (χ2n) is 5.58. The van der Waals surface area contributed by atoms with E-state index in [1.54, 1.807) is 0 Å². The Morgan fingerprint density at radius 3 is 2.53 bits per heavy atom. The Morgan fingerprint density at radius 2 is 2.00 bits per heavy atom. The fourth-order valence-corrected chi connectivity index (χ4v) is 2.04. The number of carbonyl (C=O) groups excluding carboxylic acids is 1. The summed E-state index contributed by atoms with van der Waals surface area (Å²) < 4.78 is 0. The molecular formula is C13H27N3O. The van der Waals surface area contributed by atoms with Crippen molar-refractivity contribution in [2.24, 2.45) is 17.6 Å². The van der Waals surface area contributed by atoms with Crippen LogP contribution in [0.15, 0.2) is 0 Å². The van der Waals surface area contributed by atoms with Crippen molar-refractivity contribution >= 4 is 5.91 Å². The van der Waals surface area contributed by atoms with Gasteiger partial charge in [-0.25, -0.2) is 0 Å². The van der Waals surface area contributed by atoms with Crippen molar-refractivity contribution in [1.82, 2.24) is 10.2 Å². The maximum Gasteiger partial charge on any atom is 0.237 e. The molecule has 17 heavy (non-hydrogen) atoms. The molecule has 1 atom stereocenters. The molecular weight excluding hydrogens is 214 g/mol. The lowest BCUT2D eigenvalue weighted by atomic mass is 9.99. The summed E-state index contributed by atoms with van der Waals surface area (Å²) in [5, 5.41) is 2.92. The van der Waals surface area contributed by atoms with Crippen molar-refractivity contribution in [3.63, 3.8) is 0 Å². The lowest BCUT2D eigenvalue weighted by molar-refractivity contribution is -0.123. The molecule has 1 amide bonds. The summed E-state index contributed by atoms with van der Waals surface area (Å²) in [6.07, 6.45) is 2.55. The molecule has 4 heteroatoms. The smallest absolute Gasteiger partial charge is 0.237 e. The molecule has 0 unspecified atom stereocenters. The molecule has 0 saturated carbocycles. The molecule has 1 aliphatic rings. The van der Waals surface area contributed by atoms with Crippen LogP contribution >= 0.6 is 0 Å². The molecule has 0 aromatic heterocycles. The Labute approximate surface area is 105 Å². The van der Waals surface area contributed by atoms with Crippen LogP contribution in [0, 0.1) is 11.8 Å². The van der Waals surface area contributed by atoms with Gasteiger partial charge in [-0.3, -0.25) is 4.79 Å². The first kappa shape index (κ1) is 14.5. The van der Waals surface area contributed by atoms with Crippen LogP contribution < -0.4 is 11.1 Å². The predicted octanol–water partition coefficient (Wildman–Crippen LogP) is 0.818. The quantitative estimate of drug-likeness (QED) is 0.749. The second-order valence-corrected chi connectivity index (χ2v) is 5.58. The van der Waals surface area contributed by atoms with Gasteiger partial charge in [-0.05, 0) is 37.8 Å².